The third kappa shape index (κ3) is 3.23. The fraction of sp³-hybridized carbons (Fsp3) is 0.158. The van der Waals surface area contributed by atoms with Gasteiger partial charge in [-0.05, 0) is 46.9 Å². The molecule has 0 spiro atoms. The van der Waals surface area contributed by atoms with E-state index in [0.717, 1.165) is 22.6 Å². The number of alkyl halides is 1. The summed E-state index contributed by atoms with van der Waals surface area (Å²) in [6.45, 7) is 2.03. The normalized spacial score (nSPS) is 12.5. The summed E-state index contributed by atoms with van der Waals surface area (Å²) in [7, 11) is 0. The third-order valence-corrected chi connectivity index (χ3v) is 4.44. The molecule has 1 unspecified atom stereocenters. The van der Waals surface area contributed by atoms with Gasteiger partial charge in [-0.3, -0.25) is 0 Å². The molecule has 0 amide bonds. The van der Waals surface area contributed by atoms with Crippen LogP contribution >= 0.6 is 23.2 Å². The van der Waals surface area contributed by atoms with Gasteiger partial charge in [0.05, 0.1) is 5.38 Å². The maximum absolute atomic E-state index is 6.57. The molecular weight excluding hydrogens is 299 g/mol. The smallest absolute Gasteiger partial charge is 0.0640 e. The van der Waals surface area contributed by atoms with E-state index in [1.165, 1.54) is 16.3 Å². The summed E-state index contributed by atoms with van der Waals surface area (Å²) in [6.07, 6.45) is 0.773. The van der Waals surface area contributed by atoms with Gasteiger partial charge in [0.1, 0.15) is 0 Å². The second-order valence-corrected chi connectivity index (χ2v) is 6.31. The van der Waals surface area contributed by atoms with Crippen molar-refractivity contribution in [3.8, 4) is 0 Å². The van der Waals surface area contributed by atoms with Crippen molar-refractivity contribution in [2.45, 2.75) is 18.7 Å². The van der Waals surface area contributed by atoms with Crippen molar-refractivity contribution in [3.63, 3.8) is 0 Å². The highest BCUT2D eigenvalue weighted by Gasteiger charge is 2.13. The zero-order valence-electron chi connectivity index (χ0n) is 11.8. The SMILES string of the molecule is Cc1ccc(C(Cl)Cc2ccc3ccccc3c2)c(Cl)c1. The molecular formula is C19H16Cl2. The van der Waals surface area contributed by atoms with Crippen molar-refractivity contribution in [1.82, 2.24) is 0 Å². The molecule has 0 fully saturated rings. The standard InChI is InChI=1S/C19H16Cl2/c1-13-6-9-17(18(20)10-13)19(21)12-14-7-8-15-4-2-3-5-16(15)11-14/h2-11,19H,12H2,1H3. The summed E-state index contributed by atoms with van der Waals surface area (Å²) in [4.78, 5) is 0. The third-order valence-electron chi connectivity index (χ3n) is 3.72. The Balaban J connectivity index is 1.87. The van der Waals surface area contributed by atoms with Crippen LogP contribution in [0.2, 0.25) is 5.02 Å². The molecule has 0 aromatic heterocycles. The maximum atomic E-state index is 6.57. The second-order valence-electron chi connectivity index (χ2n) is 5.38. The minimum atomic E-state index is -0.112. The maximum Gasteiger partial charge on any atom is 0.0640 e. The topological polar surface area (TPSA) is 0 Å². The first-order chi connectivity index (χ1) is 10.1. The van der Waals surface area contributed by atoms with Crippen LogP contribution in [0.4, 0.5) is 0 Å². The predicted octanol–water partition coefficient (Wildman–Crippen LogP) is 6.32. The number of halogens is 2. The van der Waals surface area contributed by atoms with E-state index in [0.29, 0.717) is 0 Å². The molecule has 0 nitrogen and oxygen atoms in total. The lowest BCUT2D eigenvalue weighted by atomic mass is 10.00. The van der Waals surface area contributed by atoms with Crippen molar-refractivity contribution >= 4 is 34.0 Å². The summed E-state index contributed by atoms with van der Waals surface area (Å²) in [5, 5.41) is 3.13. The Hall–Kier alpha value is -1.50. The van der Waals surface area contributed by atoms with E-state index in [4.69, 9.17) is 23.2 Å². The lowest BCUT2D eigenvalue weighted by Gasteiger charge is -2.13. The molecule has 21 heavy (non-hydrogen) atoms. The van der Waals surface area contributed by atoms with Gasteiger partial charge in [0.25, 0.3) is 0 Å². The molecule has 3 aromatic rings. The summed E-state index contributed by atoms with van der Waals surface area (Å²) in [6, 6.07) is 20.9. The van der Waals surface area contributed by atoms with Crippen molar-refractivity contribution in [2.24, 2.45) is 0 Å². The summed E-state index contributed by atoms with van der Waals surface area (Å²) < 4.78 is 0. The van der Waals surface area contributed by atoms with Crippen molar-refractivity contribution in [2.75, 3.05) is 0 Å². The number of benzene rings is 3. The van der Waals surface area contributed by atoms with Gasteiger partial charge in [-0.2, -0.15) is 0 Å². The monoisotopic (exact) mass is 314 g/mol. The highest BCUT2D eigenvalue weighted by atomic mass is 35.5. The van der Waals surface area contributed by atoms with E-state index in [1.807, 2.05) is 19.1 Å². The van der Waals surface area contributed by atoms with Crippen molar-refractivity contribution in [3.05, 3.63) is 82.4 Å². The second kappa shape index (κ2) is 6.09. The van der Waals surface area contributed by atoms with Gasteiger partial charge in [-0.1, -0.05) is 66.2 Å². The van der Waals surface area contributed by atoms with Crippen LogP contribution in [0.25, 0.3) is 10.8 Å². The number of hydrogen-bond acceptors (Lipinski definition) is 0. The van der Waals surface area contributed by atoms with Crippen LogP contribution in [0, 0.1) is 6.92 Å². The molecule has 3 aromatic carbocycles. The molecule has 0 N–H and O–H groups in total. The molecule has 0 saturated heterocycles. The van der Waals surface area contributed by atoms with Crippen molar-refractivity contribution < 1.29 is 0 Å². The lowest BCUT2D eigenvalue weighted by Crippen LogP contribution is -1.97. The molecule has 0 aliphatic rings. The quantitative estimate of drug-likeness (QED) is 0.496. The number of rotatable bonds is 3. The zero-order valence-corrected chi connectivity index (χ0v) is 13.3. The van der Waals surface area contributed by atoms with E-state index in [-0.39, 0.29) is 5.38 Å². The van der Waals surface area contributed by atoms with Gasteiger partial charge < -0.3 is 0 Å². The van der Waals surface area contributed by atoms with Crippen LogP contribution in [0.15, 0.2) is 60.7 Å². The van der Waals surface area contributed by atoms with Crippen LogP contribution < -0.4 is 0 Å². The van der Waals surface area contributed by atoms with Gasteiger partial charge in [0.15, 0.2) is 0 Å². The summed E-state index contributed by atoms with van der Waals surface area (Å²) in [5.41, 5.74) is 3.38. The molecule has 0 saturated carbocycles. The lowest BCUT2D eigenvalue weighted by molar-refractivity contribution is 0.921. The first-order valence-electron chi connectivity index (χ1n) is 7.01. The highest BCUT2D eigenvalue weighted by molar-refractivity contribution is 6.32. The Morgan fingerprint density at radius 3 is 2.43 bits per heavy atom. The van der Waals surface area contributed by atoms with Crippen LogP contribution in [0.3, 0.4) is 0 Å². The van der Waals surface area contributed by atoms with Gasteiger partial charge in [-0.15, -0.1) is 11.6 Å². The van der Waals surface area contributed by atoms with Gasteiger partial charge in [0.2, 0.25) is 0 Å². The van der Waals surface area contributed by atoms with Crippen LogP contribution in [0.5, 0.6) is 0 Å². The fourth-order valence-electron chi connectivity index (χ4n) is 2.57. The van der Waals surface area contributed by atoms with Crippen molar-refractivity contribution in [1.29, 1.82) is 0 Å². The number of fused-ring (bicyclic) bond motifs is 1. The summed E-state index contributed by atoms with van der Waals surface area (Å²) >= 11 is 12.9. The van der Waals surface area contributed by atoms with Gasteiger partial charge in [0, 0.05) is 5.02 Å². The van der Waals surface area contributed by atoms with E-state index < -0.39 is 0 Å². The average Bonchev–Trinajstić information content (AvgIpc) is 2.47. The zero-order chi connectivity index (χ0) is 14.8. The van der Waals surface area contributed by atoms with E-state index in [2.05, 4.69) is 48.5 Å². The molecule has 3 rings (SSSR count). The molecule has 0 bridgehead atoms. The Morgan fingerprint density at radius 1 is 0.905 bits per heavy atom. The Morgan fingerprint density at radius 2 is 1.67 bits per heavy atom. The average molecular weight is 315 g/mol. The van der Waals surface area contributed by atoms with Crippen LogP contribution in [0.1, 0.15) is 22.1 Å². The molecule has 2 heteroatoms. The Labute approximate surface area is 135 Å². The Kier molecular flexibility index (Phi) is 4.19. The minimum Gasteiger partial charge on any atom is -0.117 e. The van der Waals surface area contributed by atoms with Gasteiger partial charge >= 0.3 is 0 Å². The number of aryl methyl sites for hydroxylation is 1. The first kappa shape index (κ1) is 14.4. The van der Waals surface area contributed by atoms with E-state index >= 15 is 0 Å². The molecule has 1 atom stereocenters. The molecule has 0 aliphatic carbocycles. The fourth-order valence-corrected chi connectivity index (χ4v) is 3.36. The first-order valence-corrected chi connectivity index (χ1v) is 7.83. The van der Waals surface area contributed by atoms with E-state index in [9.17, 15) is 0 Å². The van der Waals surface area contributed by atoms with Crippen LogP contribution in [-0.4, -0.2) is 0 Å². The van der Waals surface area contributed by atoms with Crippen LogP contribution in [-0.2, 0) is 6.42 Å². The predicted molar refractivity (Wildman–Crippen MR) is 92.4 cm³/mol. The number of hydrogen-bond donors (Lipinski definition) is 0. The molecule has 0 aliphatic heterocycles. The molecule has 0 heterocycles. The van der Waals surface area contributed by atoms with Gasteiger partial charge in [-0.25, -0.2) is 0 Å². The molecule has 0 radical (unpaired) electrons. The largest absolute Gasteiger partial charge is 0.117 e. The van der Waals surface area contributed by atoms with E-state index in [1.54, 1.807) is 0 Å². The Bertz CT molecular complexity index is 777. The highest BCUT2D eigenvalue weighted by Crippen LogP contribution is 2.32. The molecule has 106 valence electrons. The summed E-state index contributed by atoms with van der Waals surface area (Å²) in [5.74, 6) is 0. The minimum absolute atomic E-state index is 0.112.